The second kappa shape index (κ2) is 6.80. The van der Waals surface area contributed by atoms with E-state index in [2.05, 4.69) is 42.4 Å². The summed E-state index contributed by atoms with van der Waals surface area (Å²) in [6.07, 6.45) is 4.91. The van der Waals surface area contributed by atoms with Gasteiger partial charge in [-0.3, -0.25) is 0 Å². The lowest BCUT2D eigenvalue weighted by molar-refractivity contribution is 0.202. The van der Waals surface area contributed by atoms with Gasteiger partial charge < -0.3 is 15.0 Å². The van der Waals surface area contributed by atoms with Crippen molar-refractivity contribution < 1.29 is 4.74 Å². The van der Waals surface area contributed by atoms with Crippen molar-refractivity contribution in [1.82, 2.24) is 10.2 Å². The number of nitrogens with zero attached hydrogens (tertiary/aromatic N) is 1. The van der Waals surface area contributed by atoms with Crippen molar-refractivity contribution in [2.24, 2.45) is 5.92 Å². The van der Waals surface area contributed by atoms with Crippen molar-refractivity contribution in [3.63, 3.8) is 0 Å². The third-order valence-corrected chi connectivity index (χ3v) is 4.90. The molecule has 1 saturated heterocycles. The van der Waals surface area contributed by atoms with Crippen LogP contribution in [0.3, 0.4) is 0 Å². The highest BCUT2D eigenvalue weighted by atomic mass is 16.5. The van der Waals surface area contributed by atoms with Crippen molar-refractivity contribution in [2.45, 2.75) is 38.6 Å². The first-order chi connectivity index (χ1) is 10.3. The Labute approximate surface area is 128 Å². The van der Waals surface area contributed by atoms with E-state index in [1.54, 1.807) is 0 Å². The van der Waals surface area contributed by atoms with E-state index in [0.717, 1.165) is 37.7 Å². The van der Waals surface area contributed by atoms with Crippen LogP contribution in [0.1, 0.15) is 43.4 Å². The van der Waals surface area contributed by atoms with Gasteiger partial charge in [0.15, 0.2) is 0 Å². The number of fused-ring (bicyclic) bond motifs is 1. The van der Waals surface area contributed by atoms with Crippen LogP contribution in [0.2, 0.25) is 0 Å². The monoisotopic (exact) mass is 288 g/mol. The quantitative estimate of drug-likeness (QED) is 0.901. The molecule has 0 radical (unpaired) electrons. The fraction of sp³-hybridized carbons (Fsp3) is 0.667. The van der Waals surface area contributed by atoms with Gasteiger partial charge in [0.1, 0.15) is 5.75 Å². The number of piperidine rings is 1. The molecule has 1 N–H and O–H groups in total. The third kappa shape index (κ3) is 3.58. The first-order valence-electron chi connectivity index (χ1n) is 8.44. The Hall–Kier alpha value is -1.06. The Morgan fingerprint density at radius 2 is 2.33 bits per heavy atom. The highest BCUT2D eigenvalue weighted by Crippen LogP contribution is 2.29. The molecule has 2 atom stereocenters. The maximum absolute atomic E-state index is 5.61. The molecule has 21 heavy (non-hydrogen) atoms. The summed E-state index contributed by atoms with van der Waals surface area (Å²) in [6.45, 7) is 6.75. The zero-order chi connectivity index (χ0) is 14.7. The first kappa shape index (κ1) is 14.9. The molecule has 3 heteroatoms. The highest BCUT2D eigenvalue weighted by Gasteiger charge is 2.20. The molecular weight excluding hydrogens is 260 g/mol. The molecule has 0 aliphatic carbocycles. The van der Waals surface area contributed by atoms with Crippen LogP contribution in [-0.4, -0.2) is 38.2 Å². The molecule has 0 amide bonds. The van der Waals surface area contributed by atoms with Gasteiger partial charge in [-0.25, -0.2) is 0 Å². The van der Waals surface area contributed by atoms with Crippen LogP contribution < -0.4 is 10.1 Å². The highest BCUT2D eigenvalue weighted by molar-refractivity contribution is 5.40. The van der Waals surface area contributed by atoms with Gasteiger partial charge in [0, 0.05) is 19.0 Å². The number of likely N-dealkylation sites (tertiary alicyclic amines) is 1. The van der Waals surface area contributed by atoms with Crippen LogP contribution in [-0.2, 0) is 6.42 Å². The smallest absolute Gasteiger partial charge is 0.122 e. The molecule has 0 bridgehead atoms. The lowest BCUT2D eigenvalue weighted by atomic mass is 9.96. The minimum Gasteiger partial charge on any atom is -0.493 e. The SMILES string of the molecule is CCC(NCC1CCCN(C)C1)c1ccc2c(c1)CCO2. The lowest BCUT2D eigenvalue weighted by Crippen LogP contribution is -2.38. The standard InChI is InChI=1S/C18H28N2O/c1-3-17(19-12-14-5-4-9-20(2)13-14)15-6-7-18-16(11-15)8-10-21-18/h6-7,11,14,17,19H,3-5,8-10,12-13H2,1-2H3. The molecule has 0 aromatic heterocycles. The average Bonchev–Trinajstić information content (AvgIpc) is 2.95. The van der Waals surface area contributed by atoms with E-state index in [-0.39, 0.29) is 0 Å². The van der Waals surface area contributed by atoms with Crippen molar-refractivity contribution in [2.75, 3.05) is 33.3 Å². The minimum absolute atomic E-state index is 0.475. The first-order valence-corrected chi connectivity index (χ1v) is 8.44. The van der Waals surface area contributed by atoms with Gasteiger partial charge in [-0.1, -0.05) is 19.1 Å². The van der Waals surface area contributed by atoms with E-state index in [9.17, 15) is 0 Å². The predicted molar refractivity (Wildman–Crippen MR) is 86.9 cm³/mol. The molecular formula is C18H28N2O. The van der Waals surface area contributed by atoms with E-state index >= 15 is 0 Å². The molecule has 116 valence electrons. The largest absolute Gasteiger partial charge is 0.493 e. The Kier molecular flexibility index (Phi) is 4.81. The lowest BCUT2D eigenvalue weighted by Gasteiger charge is -2.31. The fourth-order valence-corrected chi connectivity index (χ4v) is 3.67. The summed E-state index contributed by atoms with van der Waals surface area (Å²) in [7, 11) is 2.24. The summed E-state index contributed by atoms with van der Waals surface area (Å²) in [5, 5.41) is 3.80. The zero-order valence-electron chi connectivity index (χ0n) is 13.4. The van der Waals surface area contributed by atoms with Crippen LogP contribution in [0.5, 0.6) is 5.75 Å². The molecule has 2 aliphatic heterocycles. The Morgan fingerprint density at radius 1 is 1.43 bits per heavy atom. The Bertz CT molecular complexity index is 474. The summed E-state index contributed by atoms with van der Waals surface area (Å²) in [6, 6.07) is 7.20. The van der Waals surface area contributed by atoms with Crippen molar-refractivity contribution in [3.8, 4) is 5.75 Å². The summed E-state index contributed by atoms with van der Waals surface area (Å²) in [4.78, 5) is 2.46. The molecule has 3 nitrogen and oxygen atoms in total. The molecule has 0 spiro atoms. The predicted octanol–water partition coefficient (Wildman–Crippen LogP) is 3.00. The number of ether oxygens (including phenoxy) is 1. The van der Waals surface area contributed by atoms with Gasteiger partial charge in [-0.15, -0.1) is 0 Å². The van der Waals surface area contributed by atoms with Crippen LogP contribution >= 0.6 is 0 Å². The second-order valence-electron chi connectivity index (χ2n) is 6.61. The molecule has 0 saturated carbocycles. The van der Waals surface area contributed by atoms with E-state index in [1.807, 2.05) is 0 Å². The van der Waals surface area contributed by atoms with Crippen LogP contribution in [0.25, 0.3) is 0 Å². The average molecular weight is 288 g/mol. The summed E-state index contributed by atoms with van der Waals surface area (Å²) in [5.41, 5.74) is 2.80. The van der Waals surface area contributed by atoms with Gasteiger partial charge in [0.05, 0.1) is 6.61 Å². The summed E-state index contributed by atoms with van der Waals surface area (Å²) >= 11 is 0. The number of hydrogen-bond donors (Lipinski definition) is 1. The fourth-order valence-electron chi connectivity index (χ4n) is 3.67. The molecule has 3 rings (SSSR count). The van der Waals surface area contributed by atoms with Crippen LogP contribution in [0.15, 0.2) is 18.2 Å². The molecule has 2 heterocycles. The number of nitrogens with one attached hydrogen (secondary N) is 1. The van der Waals surface area contributed by atoms with Gasteiger partial charge in [-0.05, 0) is 62.5 Å². The van der Waals surface area contributed by atoms with Crippen molar-refractivity contribution in [1.29, 1.82) is 0 Å². The summed E-state index contributed by atoms with van der Waals surface area (Å²) < 4.78 is 5.61. The van der Waals surface area contributed by atoms with Gasteiger partial charge in [-0.2, -0.15) is 0 Å². The minimum atomic E-state index is 0.475. The number of benzene rings is 1. The van der Waals surface area contributed by atoms with E-state index in [1.165, 1.54) is 37.1 Å². The number of hydrogen-bond acceptors (Lipinski definition) is 3. The van der Waals surface area contributed by atoms with E-state index in [0.29, 0.717) is 6.04 Å². The zero-order valence-corrected chi connectivity index (χ0v) is 13.4. The molecule has 2 aliphatic rings. The normalized spacial score (nSPS) is 23.6. The Balaban J connectivity index is 1.59. The third-order valence-electron chi connectivity index (χ3n) is 4.90. The van der Waals surface area contributed by atoms with Gasteiger partial charge in [0.2, 0.25) is 0 Å². The Morgan fingerprint density at radius 3 is 3.14 bits per heavy atom. The van der Waals surface area contributed by atoms with Gasteiger partial charge in [0.25, 0.3) is 0 Å². The van der Waals surface area contributed by atoms with E-state index in [4.69, 9.17) is 4.74 Å². The van der Waals surface area contributed by atoms with Crippen LogP contribution in [0, 0.1) is 5.92 Å². The molecule has 1 aromatic rings. The molecule has 1 aromatic carbocycles. The summed E-state index contributed by atoms with van der Waals surface area (Å²) in [5.74, 6) is 1.89. The van der Waals surface area contributed by atoms with Crippen LogP contribution in [0.4, 0.5) is 0 Å². The van der Waals surface area contributed by atoms with E-state index < -0.39 is 0 Å². The van der Waals surface area contributed by atoms with Crippen molar-refractivity contribution in [3.05, 3.63) is 29.3 Å². The maximum atomic E-state index is 5.61. The second-order valence-corrected chi connectivity index (χ2v) is 6.61. The topological polar surface area (TPSA) is 24.5 Å². The van der Waals surface area contributed by atoms with Crippen molar-refractivity contribution >= 4 is 0 Å². The molecule has 1 fully saturated rings. The number of rotatable bonds is 5. The maximum Gasteiger partial charge on any atom is 0.122 e. The van der Waals surface area contributed by atoms with Gasteiger partial charge >= 0.3 is 0 Å². The molecule has 2 unspecified atom stereocenters.